The fraction of sp³-hybridized carbons (Fsp3) is 0.538. The van der Waals surface area contributed by atoms with Gasteiger partial charge in [0.2, 0.25) is 0 Å². The molecule has 1 aliphatic rings. The van der Waals surface area contributed by atoms with Gasteiger partial charge in [-0.2, -0.15) is 0 Å². The van der Waals surface area contributed by atoms with Crippen molar-refractivity contribution in [3.8, 4) is 0 Å². The minimum Gasteiger partial charge on any atom is -0.390 e. The molecule has 7 heteroatoms. The Morgan fingerprint density at radius 1 is 1.35 bits per heavy atom. The minimum absolute atomic E-state index is 0.0887. The Kier molecular flexibility index (Phi) is 5.06. The summed E-state index contributed by atoms with van der Waals surface area (Å²) in [7, 11) is 0. The number of nitrogens with one attached hydrogen (secondary N) is 1. The van der Waals surface area contributed by atoms with E-state index in [0.717, 1.165) is 6.07 Å². The van der Waals surface area contributed by atoms with Crippen molar-refractivity contribution in [1.82, 2.24) is 10.2 Å². The van der Waals surface area contributed by atoms with E-state index in [2.05, 4.69) is 21.2 Å². The molecule has 1 heterocycles. The predicted molar refractivity (Wildman–Crippen MR) is 73.3 cm³/mol. The Morgan fingerprint density at radius 2 is 2.00 bits per heavy atom. The third-order valence-corrected chi connectivity index (χ3v) is 3.88. The average Bonchev–Trinajstić information content (AvgIpc) is 2.43. The molecule has 0 unspecified atom stereocenters. The van der Waals surface area contributed by atoms with Gasteiger partial charge in [-0.1, -0.05) is 22.0 Å². The Morgan fingerprint density at radius 3 is 2.55 bits per heavy atom. The minimum atomic E-state index is -3.40. The van der Waals surface area contributed by atoms with Crippen LogP contribution in [0.1, 0.15) is 11.6 Å². The number of halogens is 4. The first-order valence-corrected chi connectivity index (χ1v) is 7.13. The highest BCUT2D eigenvalue weighted by Crippen LogP contribution is 2.38. The molecule has 1 saturated heterocycles. The van der Waals surface area contributed by atoms with E-state index >= 15 is 0 Å². The SMILES string of the molecule is OCC(F)(F)[C@@H](c1ccc(Br)cc1F)N1CCNCC1. The van der Waals surface area contributed by atoms with Gasteiger partial charge in [0.25, 0.3) is 5.92 Å². The van der Waals surface area contributed by atoms with Crippen molar-refractivity contribution in [3.63, 3.8) is 0 Å². The fourth-order valence-corrected chi connectivity index (χ4v) is 2.77. The van der Waals surface area contributed by atoms with Crippen LogP contribution in [0.3, 0.4) is 0 Å². The van der Waals surface area contributed by atoms with Crippen molar-refractivity contribution in [3.05, 3.63) is 34.1 Å². The maximum Gasteiger partial charge on any atom is 0.290 e. The first kappa shape index (κ1) is 15.8. The Bertz CT molecular complexity index is 467. The molecule has 0 radical (unpaired) electrons. The second kappa shape index (κ2) is 6.43. The molecule has 1 aromatic rings. The van der Waals surface area contributed by atoms with Crippen LogP contribution in [0.4, 0.5) is 13.2 Å². The van der Waals surface area contributed by atoms with Gasteiger partial charge in [-0.05, 0) is 12.1 Å². The van der Waals surface area contributed by atoms with Gasteiger partial charge in [-0.15, -0.1) is 0 Å². The Hall–Kier alpha value is -0.630. The van der Waals surface area contributed by atoms with Gasteiger partial charge in [0.05, 0.1) is 0 Å². The number of rotatable bonds is 4. The van der Waals surface area contributed by atoms with Crippen molar-refractivity contribution < 1.29 is 18.3 Å². The molecular formula is C13H16BrF3N2O. The zero-order valence-corrected chi connectivity index (χ0v) is 12.3. The standard InChI is InChI=1S/C13H16BrF3N2O/c14-9-1-2-10(11(15)7-9)12(13(16,17)8-20)19-5-3-18-4-6-19/h1-2,7,12,18,20H,3-6,8H2/t12-/m1/s1. The van der Waals surface area contributed by atoms with E-state index in [1.807, 2.05) is 0 Å². The van der Waals surface area contributed by atoms with Crippen molar-refractivity contribution in [2.24, 2.45) is 0 Å². The van der Waals surface area contributed by atoms with E-state index in [1.165, 1.54) is 17.0 Å². The third-order valence-electron chi connectivity index (χ3n) is 3.38. The zero-order valence-electron chi connectivity index (χ0n) is 10.8. The fourth-order valence-electron chi connectivity index (χ4n) is 2.44. The van der Waals surface area contributed by atoms with Crippen LogP contribution >= 0.6 is 15.9 Å². The number of aliphatic hydroxyl groups excluding tert-OH is 1. The molecule has 0 saturated carbocycles. The maximum atomic E-state index is 14.1. The van der Waals surface area contributed by atoms with Crippen LogP contribution in [0.5, 0.6) is 0 Å². The van der Waals surface area contributed by atoms with Crippen LogP contribution in [-0.4, -0.2) is 48.7 Å². The highest BCUT2D eigenvalue weighted by Gasteiger charge is 2.45. The summed E-state index contributed by atoms with van der Waals surface area (Å²) in [6.45, 7) is 0.592. The predicted octanol–water partition coefficient (Wildman–Crippen LogP) is 2.16. The molecule has 0 amide bonds. The summed E-state index contributed by atoms with van der Waals surface area (Å²) in [5, 5.41) is 12.0. The van der Waals surface area contributed by atoms with Crippen LogP contribution in [0.2, 0.25) is 0 Å². The number of hydrogen-bond donors (Lipinski definition) is 2. The number of benzene rings is 1. The molecule has 1 atom stereocenters. The van der Waals surface area contributed by atoms with Gasteiger partial charge < -0.3 is 10.4 Å². The van der Waals surface area contributed by atoms with Crippen LogP contribution in [0.15, 0.2) is 22.7 Å². The summed E-state index contributed by atoms with van der Waals surface area (Å²) in [6, 6.07) is 2.58. The summed E-state index contributed by atoms with van der Waals surface area (Å²) >= 11 is 3.11. The highest BCUT2D eigenvalue weighted by molar-refractivity contribution is 9.10. The first-order chi connectivity index (χ1) is 9.45. The Labute approximate surface area is 123 Å². The second-order valence-electron chi connectivity index (χ2n) is 4.77. The molecule has 0 bridgehead atoms. The van der Waals surface area contributed by atoms with E-state index in [-0.39, 0.29) is 5.56 Å². The van der Waals surface area contributed by atoms with Gasteiger partial charge in [0.1, 0.15) is 18.5 Å². The van der Waals surface area contributed by atoms with Crippen molar-refractivity contribution in [2.45, 2.75) is 12.0 Å². The van der Waals surface area contributed by atoms with Crippen LogP contribution < -0.4 is 5.32 Å². The topological polar surface area (TPSA) is 35.5 Å². The molecule has 1 aromatic carbocycles. The van der Waals surface area contributed by atoms with Crippen LogP contribution in [0.25, 0.3) is 0 Å². The first-order valence-electron chi connectivity index (χ1n) is 6.34. The lowest BCUT2D eigenvalue weighted by molar-refractivity contribution is -0.119. The van der Waals surface area contributed by atoms with Gasteiger partial charge in [-0.25, -0.2) is 13.2 Å². The van der Waals surface area contributed by atoms with Crippen LogP contribution in [-0.2, 0) is 0 Å². The highest BCUT2D eigenvalue weighted by atomic mass is 79.9. The molecule has 2 rings (SSSR count). The summed E-state index contributed by atoms with van der Waals surface area (Å²) in [6.07, 6.45) is 0. The van der Waals surface area contributed by atoms with Crippen LogP contribution in [0, 0.1) is 5.82 Å². The monoisotopic (exact) mass is 352 g/mol. The largest absolute Gasteiger partial charge is 0.390 e. The smallest absolute Gasteiger partial charge is 0.290 e. The molecule has 112 valence electrons. The van der Waals surface area contributed by atoms with E-state index in [4.69, 9.17) is 5.11 Å². The molecule has 0 aliphatic carbocycles. The molecule has 2 N–H and O–H groups in total. The van der Waals surface area contributed by atoms with Crippen molar-refractivity contribution in [2.75, 3.05) is 32.8 Å². The van der Waals surface area contributed by atoms with Gasteiger partial charge in [0.15, 0.2) is 0 Å². The quantitative estimate of drug-likeness (QED) is 0.871. The number of nitrogens with zero attached hydrogens (tertiary/aromatic N) is 1. The van der Waals surface area contributed by atoms with Gasteiger partial charge in [0, 0.05) is 36.2 Å². The summed E-state index contributed by atoms with van der Waals surface area (Å²) < 4.78 is 42.7. The van der Waals surface area contributed by atoms with E-state index in [0.29, 0.717) is 30.7 Å². The molecule has 20 heavy (non-hydrogen) atoms. The van der Waals surface area contributed by atoms with E-state index in [1.54, 1.807) is 0 Å². The number of aliphatic hydroxyl groups is 1. The molecule has 1 aliphatic heterocycles. The molecule has 3 nitrogen and oxygen atoms in total. The van der Waals surface area contributed by atoms with Gasteiger partial charge >= 0.3 is 0 Å². The number of piperazine rings is 1. The summed E-state index contributed by atoms with van der Waals surface area (Å²) in [5.41, 5.74) is -0.0887. The second-order valence-corrected chi connectivity index (χ2v) is 5.69. The number of hydrogen-bond acceptors (Lipinski definition) is 3. The lowest BCUT2D eigenvalue weighted by Gasteiger charge is -2.38. The number of alkyl halides is 2. The third kappa shape index (κ3) is 3.33. The molecular weight excluding hydrogens is 337 g/mol. The maximum absolute atomic E-state index is 14.1. The molecule has 1 fully saturated rings. The lowest BCUT2D eigenvalue weighted by atomic mass is 9.97. The van der Waals surface area contributed by atoms with Crippen molar-refractivity contribution in [1.29, 1.82) is 0 Å². The normalized spacial score (nSPS) is 19.1. The lowest BCUT2D eigenvalue weighted by Crippen LogP contribution is -2.51. The summed E-state index contributed by atoms with van der Waals surface area (Å²) in [4.78, 5) is 1.51. The molecule has 0 aromatic heterocycles. The van der Waals surface area contributed by atoms with E-state index in [9.17, 15) is 13.2 Å². The summed E-state index contributed by atoms with van der Waals surface area (Å²) in [5.74, 6) is -4.09. The van der Waals surface area contributed by atoms with E-state index < -0.39 is 24.4 Å². The molecule has 0 spiro atoms. The zero-order chi connectivity index (χ0) is 14.8. The van der Waals surface area contributed by atoms with Gasteiger partial charge in [-0.3, -0.25) is 4.90 Å². The average molecular weight is 353 g/mol. The Balaban J connectivity index is 2.39. The van der Waals surface area contributed by atoms with Crippen molar-refractivity contribution >= 4 is 15.9 Å².